The molecule has 0 aliphatic rings. The number of nitroso groups, excluding NO2 is 1. The fourth-order valence-electron chi connectivity index (χ4n) is 2.36. The molecule has 2 aromatic rings. The lowest BCUT2D eigenvalue weighted by Crippen LogP contribution is -2.55. The molecule has 0 fully saturated rings. The summed E-state index contributed by atoms with van der Waals surface area (Å²) in [6, 6.07) is 6.87. The number of hydrazine groups is 1. The lowest BCUT2D eigenvalue weighted by atomic mass is 10.1. The fourth-order valence-corrected chi connectivity index (χ4v) is 2.36. The Labute approximate surface area is 126 Å². The van der Waals surface area contributed by atoms with Crippen LogP contribution in [0.25, 0.3) is 10.9 Å². The smallest absolute Gasteiger partial charge is 0.430 e. The number of carbonyl (C=O) groups is 1. The second-order valence-electron chi connectivity index (χ2n) is 4.46. The number of nitrogens with one attached hydrogen (secondary N) is 1. The van der Waals surface area contributed by atoms with Gasteiger partial charge in [0, 0.05) is 34.1 Å². The van der Waals surface area contributed by atoms with E-state index in [2.05, 4.69) is 6.07 Å². The molecule has 1 aromatic carbocycles. The molecule has 2 rings (SSSR count). The summed E-state index contributed by atoms with van der Waals surface area (Å²) in [7, 11) is 0. The van der Waals surface area contributed by atoms with E-state index >= 15 is 0 Å². The predicted molar refractivity (Wildman–Crippen MR) is 80.0 cm³/mol. The number of anilines is 1. The summed E-state index contributed by atoms with van der Waals surface area (Å²) in [6.07, 6.45) is -0.751. The zero-order chi connectivity index (χ0) is 16.3. The van der Waals surface area contributed by atoms with Gasteiger partial charge in [0.2, 0.25) is 0 Å². The number of rotatable bonds is 4. The van der Waals surface area contributed by atoms with Gasteiger partial charge in [-0.05, 0) is 19.9 Å². The minimum absolute atomic E-state index is 0.172. The Hall–Kier alpha value is -2.92. The van der Waals surface area contributed by atoms with Crippen LogP contribution in [0, 0.1) is 16.2 Å². The van der Waals surface area contributed by atoms with Crippen molar-refractivity contribution in [2.75, 3.05) is 11.6 Å². The molecule has 114 valence electrons. The van der Waals surface area contributed by atoms with E-state index in [-0.39, 0.29) is 18.0 Å². The Kier molecular flexibility index (Phi) is 4.39. The zero-order valence-corrected chi connectivity index (χ0v) is 12.3. The Morgan fingerprint density at radius 3 is 2.77 bits per heavy atom. The number of nitrogens with zero attached hydrogens (tertiary/aromatic N) is 3. The quantitative estimate of drug-likeness (QED) is 0.493. The third kappa shape index (κ3) is 2.38. The molecule has 0 radical (unpaired) electrons. The highest BCUT2D eigenvalue weighted by Gasteiger charge is 2.25. The van der Waals surface area contributed by atoms with Crippen molar-refractivity contribution >= 4 is 28.5 Å². The van der Waals surface area contributed by atoms with E-state index in [4.69, 9.17) is 10.6 Å². The topological polar surface area (TPSA) is 115 Å². The number of carbonyl (C=O) groups excluding carboxylic acids is 1. The van der Waals surface area contributed by atoms with Gasteiger partial charge in [-0.25, -0.2) is 10.6 Å². The lowest BCUT2D eigenvalue weighted by molar-refractivity contribution is -0.379. The molecule has 0 aliphatic carbocycles. The van der Waals surface area contributed by atoms with Crippen LogP contribution in [0.2, 0.25) is 0 Å². The highest BCUT2D eigenvalue weighted by atomic mass is 16.6. The van der Waals surface area contributed by atoms with E-state index in [0.29, 0.717) is 23.1 Å². The Balaban J connectivity index is 2.74. The molecule has 0 saturated heterocycles. The van der Waals surface area contributed by atoms with Gasteiger partial charge in [-0.3, -0.25) is 0 Å². The number of hydrogen-bond donors (Lipinski definition) is 2. The number of aromatic nitrogens is 1. The lowest BCUT2D eigenvalue weighted by Gasteiger charge is -2.18. The molecule has 0 aliphatic heterocycles. The molecule has 1 amide bonds. The molecule has 8 heteroatoms. The molecule has 0 bridgehead atoms. The fraction of sp³-hybridized carbons (Fsp3) is 0.286. The molecule has 3 N–H and O–H groups in total. The number of hydrogen-bond acceptors (Lipinski definition) is 5. The standard InChI is InChI=1S/C14H15N5O3/c1-3-18-12-7-9(17-21)5-6-10(12)11(8-15)13(18)19(16)14(20)22-4-2/h5-7H,3-4,16H2,1-2H3/p+1. The first-order valence-electron chi connectivity index (χ1n) is 6.75. The number of ether oxygens (including phenoxy) is 1. The average molecular weight is 302 g/mol. The van der Waals surface area contributed by atoms with Crippen LogP contribution in [0.5, 0.6) is 0 Å². The SMILES string of the molecule is CCOC(=O)N(N)c1c(C#N)c2ccc([NH+]=O)cc2n1CC. The van der Waals surface area contributed by atoms with Crippen molar-refractivity contribution in [2.45, 2.75) is 20.4 Å². The van der Waals surface area contributed by atoms with Gasteiger partial charge in [0.05, 0.1) is 12.1 Å². The van der Waals surface area contributed by atoms with E-state index in [1.165, 1.54) is 0 Å². The second kappa shape index (κ2) is 6.24. The molecule has 0 saturated carbocycles. The minimum atomic E-state index is -0.751. The van der Waals surface area contributed by atoms with E-state index in [9.17, 15) is 15.0 Å². The summed E-state index contributed by atoms with van der Waals surface area (Å²) in [5, 5.41) is 12.7. The van der Waals surface area contributed by atoms with Gasteiger partial charge in [-0.15, -0.1) is 0 Å². The Morgan fingerprint density at radius 1 is 1.50 bits per heavy atom. The van der Waals surface area contributed by atoms with Gasteiger partial charge in [-0.2, -0.15) is 10.3 Å². The van der Waals surface area contributed by atoms with Crippen LogP contribution in [0.15, 0.2) is 18.2 Å². The van der Waals surface area contributed by atoms with Crippen molar-refractivity contribution in [1.29, 1.82) is 5.26 Å². The van der Waals surface area contributed by atoms with Crippen LogP contribution in [0.3, 0.4) is 0 Å². The van der Waals surface area contributed by atoms with Gasteiger partial charge >= 0.3 is 6.09 Å². The van der Waals surface area contributed by atoms with Crippen molar-refractivity contribution in [1.82, 2.24) is 4.57 Å². The van der Waals surface area contributed by atoms with Gasteiger partial charge in [-0.1, -0.05) is 0 Å². The van der Waals surface area contributed by atoms with Gasteiger partial charge in [0.1, 0.15) is 11.6 Å². The van der Waals surface area contributed by atoms with Crippen LogP contribution in [-0.2, 0) is 11.3 Å². The van der Waals surface area contributed by atoms with Crippen LogP contribution >= 0.6 is 0 Å². The first-order valence-corrected chi connectivity index (χ1v) is 6.75. The molecular weight excluding hydrogens is 286 g/mol. The molecule has 8 nitrogen and oxygen atoms in total. The van der Waals surface area contributed by atoms with E-state index in [1.54, 1.807) is 34.9 Å². The number of nitrogens with two attached hydrogens (primary N) is 1. The summed E-state index contributed by atoms with van der Waals surface area (Å²) < 4.78 is 6.56. The molecule has 1 aromatic heterocycles. The summed E-state index contributed by atoms with van der Waals surface area (Å²) in [4.78, 5) is 22.7. The molecule has 0 spiro atoms. The maximum Gasteiger partial charge on any atom is 0.430 e. The Bertz CT molecular complexity index is 775. The molecule has 1 heterocycles. The normalized spacial score (nSPS) is 10.3. The summed E-state index contributed by atoms with van der Waals surface area (Å²) in [5.74, 6) is 6.06. The molecule has 0 atom stereocenters. The monoisotopic (exact) mass is 302 g/mol. The molecular formula is C14H16N5O3+. The second-order valence-corrected chi connectivity index (χ2v) is 4.46. The van der Waals surface area contributed by atoms with Crippen molar-refractivity contribution in [3.8, 4) is 6.07 Å². The molecule has 0 unspecified atom stereocenters. The number of benzene rings is 1. The highest BCUT2D eigenvalue weighted by Crippen LogP contribution is 2.32. The maximum atomic E-state index is 11.9. The van der Waals surface area contributed by atoms with Crippen molar-refractivity contribution in [3.05, 3.63) is 28.7 Å². The third-order valence-corrected chi connectivity index (χ3v) is 3.28. The van der Waals surface area contributed by atoms with Crippen molar-refractivity contribution in [3.63, 3.8) is 0 Å². The zero-order valence-electron chi connectivity index (χ0n) is 12.3. The highest BCUT2D eigenvalue weighted by molar-refractivity contribution is 5.98. The average Bonchev–Trinajstić information content (AvgIpc) is 2.86. The first kappa shape index (κ1) is 15.5. The van der Waals surface area contributed by atoms with E-state index < -0.39 is 6.09 Å². The van der Waals surface area contributed by atoms with Gasteiger partial charge < -0.3 is 9.30 Å². The summed E-state index contributed by atoms with van der Waals surface area (Å²) in [6.45, 7) is 4.15. The summed E-state index contributed by atoms with van der Waals surface area (Å²) >= 11 is 0. The Morgan fingerprint density at radius 2 is 2.23 bits per heavy atom. The number of fused-ring (bicyclic) bond motifs is 1. The van der Waals surface area contributed by atoms with Crippen LogP contribution in [0.1, 0.15) is 19.4 Å². The van der Waals surface area contributed by atoms with Crippen molar-refractivity contribution in [2.24, 2.45) is 5.84 Å². The van der Waals surface area contributed by atoms with Crippen LogP contribution in [-0.4, -0.2) is 17.3 Å². The number of nitriles is 1. The first-order chi connectivity index (χ1) is 10.6. The summed E-state index contributed by atoms with van der Waals surface area (Å²) in [5.41, 5.74) is 1.25. The van der Waals surface area contributed by atoms with Gasteiger partial charge in [0.15, 0.2) is 5.82 Å². The number of aryl methyl sites for hydroxylation is 1. The third-order valence-electron chi connectivity index (χ3n) is 3.28. The maximum absolute atomic E-state index is 11.9. The van der Waals surface area contributed by atoms with Gasteiger partial charge in [0.25, 0.3) is 5.69 Å². The van der Waals surface area contributed by atoms with E-state index in [0.717, 1.165) is 5.01 Å². The predicted octanol–water partition coefficient (Wildman–Crippen LogP) is 0.848. The minimum Gasteiger partial charge on any atom is -0.448 e. The number of amides is 1. The van der Waals surface area contributed by atoms with Crippen molar-refractivity contribution < 1.29 is 14.7 Å². The van der Waals surface area contributed by atoms with Crippen LogP contribution in [0.4, 0.5) is 16.3 Å². The molecule has 22 heavy (non-hydrogen) atoms. The van der Waals surface area contributed by atoms with Crippen LogP contribution < -0.4 is 16.0 Å². The largest absolute Gasteiger partial charge is 0.448 e. The van der Waals surface area contributed by atoms with E-state index in [1.807, 2.05) is 6.92 Å².